The third kappa shape index (κ3) is 5.86. The monoisotopic (exact) mass is 472 g/mol. The average Bonchev–Trinajstić information content (AvgIpc) is 3.21. The number of hydrogen-bond donors (Lipinski definition) is 1. The Morgan fingerprint density at radius 2 is 1.90 bits per heavy atom. The highest BCUT2D eigenvalue weighted by molar-refractivity contribution is 7.89. The summed E-state index contributed by atoms with van der Waals surface area (Å²) in [5, 5.41) is 3.51. The predicted molar refractivity (Wildman–Crippen MR) is 116 cm³/mol. The summed E-state index contributed by atoms with van der Waals surface area (Å²) in [6, 6.07) is 10.6. The first kappa shape index (κ1) is 22.8. The summed E-state index contributed by atoms with van der Waals surface area (Å²) in [6.07, 6.45) is 1.93. The average molecular weight is 473 g/mol. The van der Waals surface area contributed by atoms with Crippen LogP contribution in [0.15, 0.2) is 47.4 Å². The quantitative estimate of drug-likeness (QED) is 0.631. The van der Waals surface area contributed by atoms with Crippen LogP contribution in [0.5, 0.6) is 5.75 Å². The Morgan fingerprint density at radius 1 is 1.20 bits per heavy atom. The Balaban J connectivity index is 1.66. The third-order valence-corrected chi connectivity index (χ3v) is 6.86. The maximum Gasteiger partial charge on any atom is 0.243 e. The van der Waals surface area contributed by atoms with Crippen molar-refractivity contribution in [3.63, 3.8) is 0 Å². The van der Waals surface area contributed by atoms with Crippen LogP contribution in [0.4, 0.5) is 5.69 Å². The zero-order valence-electron chi connectivity index (χ0n) is 16.3. The summed E-state index contributed by atoms with van der Waals surface area (Å²) < 4.78 is 37.6. The number of sulfonamides is 1. The van der Waals surface area contributed by atoms with Gasteiger partial charge in [0.05, 0.1) is 23.2 Å². The predicted octanol–water partition coefficient (Wildman–Crippen LogP) is 3.81. The van der Waals surface area contributed by atoms with Gasteiger partial charge in [0.1, 0.15) is 12.4 Å². The molecule has 1 saturated heterocycles. The molecule has 162 valence electrons. The highest BCUT2D eigenvalue weighted by atomic mass is 35.5. The largest absolute Gasteiger partial charge is 0.489 e. The van der Waals surface area contributed by atoms with Crippen molar-refractivity contribution in [2.75, 3.05) is 32.1 Å². The van der Waals surface area contributed by atoms with Crippen LogP contribution in [0.3, 0.4) is 0 Å². The topological polar surface area (TPSA) is 84.9 Å². The zero-order chi connectivity index (χ0) is 21.7. The third-order valence-electron chi connectivity index (χ3n) is 4.55. The number of benzene rings is 2. The van der Waals surface area contributed by atoms with Gasteiger partial charge in [0.15, 0.2) is 0 Å². The van der Waals surface area contributed by atoms with Gasteiger partial charge in [0.25, 0.3) is 0 Å². The van der Waals surface area contributed by atoms with Gasteiger partial charge in [0, 0.05) is 23.7 Å². The van der Waals surface area contributed by atoms with Crippen molar-refractivity contribution in [1.82, 2.24) is 4.31 Å². The van der Waals surface area contributed by atoms with E-state index in [1.165, 1.54) is 31.3 Å². The number of carbonyl (C=O) groups excluding carboxylic acids is 1. The number of anilines is 1. The Labute approximate surface area is 185 Å². The number of rotatable bonds is 8. The Bertz CT molecular complexity index is 993. The molecule has 1 fully saturated rings. The van der Waals surface area contributed by atoms with Crippen LogP contribution in [0, 0.1) is 0 Å². The molecule has 1 aliphatic rings. The van der Waals surface area contributed by atoms with E-state index in [4.69, 9.17) is 32.7 Å². The lowest BCUT2D eigenvalue weighted by Crippen LogP contribution is -2.35. The lowest BCUT2D eigenvalue weighted by atomic mass is 10.2. The van der Waals surface area contributed by atoms with Gasteiger partial charge >= 0.3 is 0 Å². The molecule has 3 rings (SSSR count). The smallest absolute Gasteiger partial charge is 0.243 e. The number of halogens is 2. The Hall–Kier alpha value is -1.84. The number of likely N-dealkylation sites (N-methyl/N-ethyl adjacent to an activating group) is 1. The van der Waals surface area contributed by atoms with Crippen LogP contribution in [0.2, 0.25) is 10.0 Å². The molecule has 0 aromatic heterocycles. The van der Waals surface area contributed by atoms with Crippen molar-refractivity contribution in [1.29, 1.82) is 0 Å². The van der Waals surface area contributed by atoms with E-state index in [2.05, 4.69) is 5.32 Å². The highest BCUT2D eigenvalue weighted by Crippen LogP contribution is 2.29. The molecule has 7 nitrogen and oxygen atoms in total. The van der Waals surface area contributed by atoms with Crippen molar-refractivity contribution in [2.45, 2.75) is 23.8 Å². The lowest BCUT2D eigenvalue weighted by molar-refractivity contribution is -0.116. The van der Waals surface area contributed by atoms with E-state index in [0.29, 0.717) is 34.7 Å². The van der Waals surface area contributed by atoms with Gasteiger partial charge in [-0.05, 0) is 55.3 Å². The van der Waals surface area contributed by atoms with E-state index in [1.807, 2.05) is 0 Å². The maximum atomic E-state index is 12.6. The fraction of sp³-hybridized carbons (Fsp3) is 0.350. The zero-order valence-corrected chi connectivity index (χ0v) is 18.6. The van der Waals surface area contributed by atoms with E-state index < -0.39 is 15.9 Å². The second-order valence-electron chi connectivity index (χ2n) is 6.85. The molecule has 1 atom stereocenters. The van der Waals surface area contributed by atoms with Crippen molar-refractivity contribution in [3.8, 4) is 5.75 Å². The number of carbonyl (C=O) groups is 1. The second kappa shape index (κ2) is 9.98. The summed E-state index contributed by atoms with van der Waals surface area (Å²) in [7, 11) is -2.51. The van der Waals surface area contributed by atoms with Gasteiger partial charge < -0.3 is 14.8 Å². The van der Waals surface area contributed by atoms with Crippen LogP contribution < -0.4 is 10.1 Å². The number of hydrogen-bond acceptors (Lipinski definition) is 5. The molecule has 0 saturated carbocycles. The highest BCUT2D eigenvalue weighted by Gasteiger charge is 2.24. The first-order chi connectivity index (χ1) is 14.3. The summed E-state index contributed by atoms with van der Waals surface area (Å²) >= 11 is 11.9. The van der Waals surface area contributed by atoms with Crippen LogP contribution in [0.1, 0.15) is 12.8 Å². The van der Waals surface area contributed by atoms with E-state index in [9.17, 15) is 13.2 Å². The summed E-state index contributed by atoms with van der Waals surface area (Å²) in [6.45, 7) is 0.685. The Morgan fingerprint density at radius 3 is 2.57 bits per heavy atom. The molecular weight excluding hydrogens is 451 g/mol. The van der Waals surface area contributed by atoms with Crippen LogP contribution >= 0.6 is 23.2 Å². The molecule has 2 aromatic rings. The summed E-state index contributed by atoms with van der Waals surface area (Å²) in [4.78, 5) is 12.6. The molecule has 1 aliphatic heterocycles. The van der Waals surface area contributed by atoms with Crippen LogP contribution in [-0.4, -0.2) is 51.5 Å². The van der Waals surface area contributed by atoms with Gasteiger partial charge in [0.2, 0.25) is 15.9 Å². The van der Waals surface area contributed by atoms with E-state index in [1.54, 1.807) is 18.2 Å². The molecule has 30 heavy (non-hydrogen) atoms. The molecule has 0 spiro atoms. The molecule has 1 heterocycles. The molecule has 1 unspecified atom stereocenters. The number of ether oxygens (including phenoxy) is 2. The minimum Gasteiger partial charge on any atom is -0.489 e. The fourth-order valence-electron chi connectivity index (χ4n) is 2.95. The van der Waals surface area contributed by atoms with E-state index in [-0.39, 0.29) is 17.5 Å². The molecule has 10 heteroatoms. The standard InChI is InChI=1S/C20H22Cl2N2O5S/c1-24(30(26,27)17-7-4-14(21)5-8-17)12-20(25)23-18-11-15(22)6-9-19(18)29-13-16-3-2-10-28-16/h4-9,11,16H,2-3,10,12-13H2,1H3,(H,23,25). The molecule has 0 radical (unpaired) electrons. The van der Waals surface area contributed by atoms with Gasteiger partial charge in [-0.25, -0.2) is 8.42 Å². The number of nitrogens with zero attached hydrogens (tertiary/aromatic N) is 1. The minimum atomic E-state index is -3.84. The number of amides is 1. The van der Waals surface area contributed by atoms with Gasteiger partial charge in [-0.15, -0.1) is 0 Å². The van der Waals surface area contributed by atoms with Crippen LogP contribution in [-0.2, 0) is 19.6 Å². The van der Waals surface area contributed by atoms with Crippen molar-refractivity contribution in [2.24, 2.45) is 0 Å². The van der Waals surface area contributed by atoms with E-state index in [0.717, 1.165) is 17.1 Å². The van der Waals surface area contributed by atoms with Crippen molar-refractivity contribution < 1.29 is 22.7 Å². The fourth-order valence-corrected chi connectivity index (χ4v) is 4.37. The molecule has 0 bridgehead atoms. The van der Waals surface area contributed by atoms with E-state index >= 15 is 0 Å². The van der Waals surface area contributed by atoms with Crippen molar-refractivity contribution >= 4 is 44.8 Å². The van der Waals surface area contributed by atoms with Crippen molar-refractivity contribution in [3.05, 3.63) is 52.5 Å². The summed E-state index contributed by atoms with van der Waals surface area (Å²) in [5.74, 6) is -0.0919. The molecule has 0 aliphatic carbocycles. The minimum absolute atomic E-state index is 0.0138. The molecule has 1 N–H and O–H groups in total. The van der Waals surface area contributed by atoms with Gasteiger partial charge in [-0.1, -0.05) is 23.2 Å². The normalized spacial score (nSPS) is 16.6. The first-order valence-corrected chi connectivity index (χ1v) is 11.5. The lowest BCUT2D eigenvalue weighted by Gasteiger charge is -2.18. The molecular formula is C20H22Cl2N2O5S. The number of nitrogens with one attached hydrogen (secondary N) is 1. The van der Waals surface area contributed by atoms with Gasteiger partial charge in [-0.2, -0.15) is 4.31 Å². The summed E-state index contributed by atoms with van der Waals surface area (Å²) in [5.41, 5.74) is 0.364. The SMILES string of the molecule is CN(CC(=O)Nc1cc(Cl)ccc1OCC1CCCO1)S(=O)(=O)c1ccc(Cl)cc1. The second-order valence-corrected chi connectivity index (χ2v) is 9.77. The molecule has 1 amide bonds. The van der Waals surface area contributed by atoms with Gasteiger partial charge in [-0.3, -0.25) is 4.79 Å². The maximum absolute atomic E-state index is 12.6. The first-order valence-electron chi connectivity index (χ1n) is 9.31. The Kier molecular flexibility index (Phi) is 7.60. The van der Waals surface area contributed by atoms with Crippen LogP contribution in [0.25, 0.3) is 0 Å². The molecule has 2 aromatic carbocycles.